The molecule has 1 aliphatic rings. The van der Waals surface area contributed by atoms with Crippen LogP contribution < -0.4 is 14.8 Å². The topological polar surface area (TPSA) is 56.8 Å². The zero-order valence-corrected chi connectivity index (χ0v) is 16.6. The lowest BCUT2D eigenvalue weighted by Crippen LogP contribution is -2.18. The molecule has 0 saturated carbocycles. The molecule has 5 nitrogen and oxygen atoms in total. The van der Waals surface area contributed by atoms with Gasteiger partial charge in [0, 0.05) is 12.2 Å². The number of amides is 1. The number of ether oxygens (including phenoxy) is 3. The Hall–Kier alpha value is -2.53. The Morgan fingerprint density at radius 1 is 1.14 bits per heavy atom. The lowest BCUT2D eigenvalue weighted by atomic mass is 10.1. The number of hydrogen-bond acceptors (Lipinski definition) is 4. The van der Waals surface area contributed by atoms with Gasteiger partial charge in [-0.1, -0.05) is 26.0 Å². The van der Waals surface area contributed by atoms with Gasteiger partial charge in [-0.3, -0.25) is 4.79 Å². The highest BCUT2D eigenvalue weighted by Gasteiger charge is 2.17. The van der Waals surface area contributed by atoms with Crippen LogP contribution in [-0.4, -0.2) is 31.8 Å². The van der Waals surface area contributed by atoms with Crippen LogP contribution in [0.25, 0.3) is 0 Å². The highest BCUT2D eigenvalue weighted by Crippen LogP contribution is 2.26. The average molecular weight is 383 g/mol. The molecule has 0 radical (unpaired) electrons. The molecule has 3 rings (SSSR count). The number of carbonyl (C=O) groups excluding carboxylic acids is 1. The monoisotopic (exact) mass is 383 g/mol. The molecule has 0 bridgehead atoms. The lowest BCUT2D eigenvalue weighted by Gasteiger charge is -2.15. The molecular weight excluding hydrogens is 354 g/mol. The quantitative estimate of drug-likeness (QED) is 0.668. The molecule has 2 aromatic rings. The van der Waals surface area contributed by atoms with E-state index in [4.69, 9.17) is 14.2 Å². The summed E-state index contributed by atoms with van der Waals surface area (Å²) in [4.78, 5) is 12.6. The molecule has 5 heteroatoms. The fourth-order valence-electron chi connectivity index (χ4n) is 2.96. The van der Waals surface area contributed by atoms with Crippen LogP contribution in [0.3, 0.4) is 0 Å². The summed E-state index contributed by atoms with van der Waals surface area (Å²) in [6.07, 6.45) is 3.22. The summed E-state index contributed by atoms with van der Waals surface area (Å²) in [5.41, 5.74) is 1.23. The number of benzene rings is 2. The SMILES string of the molecule is CC(C)CCOc1ccc(C(=O)Nc2ccccc2OCC2CCCO2)cc1. The van der Waals surface area contributed by atoms with Crippen molar-refractivity contribution in [1.82, 2.24) is 0 Å². The van der Waals surface area contributed by atoms with E-state index in [1.165, 1.54) is 0 Å². The highest BCUT2D eigenvalue weighted by atomic mass is 16.5. The second-order valence-corrected chi connectivity index (χ2v) is 7.45. The lowest BCUT2D eigenvalue weighted by molar-refractivity contribution is 0.0682. The number of anilines is 1. The minimum atomic E-state index is -0.179. The fourth-order valence-corrected chi connectivity index (χ4v) is 2.96. The summed E-state index contributed by atoms with van der Waals surface area (Å²) in [5.74, 6) is 1.85. The second kappa shape index (κ2) is 10.1. The number of carbonyl (C=O) groups is 1. The van der Waals surface area contributed by atoms with Crippen molar-refractivity contribution in [3.8, 4) is 11.5 Å². The highest BCUT2D eigenvalue weighted by molar-refractivity contribution is 6.05. The number of rotatable bonds is 9. The zero-order valence-electron chi connectivity index (χ0n) is 16.6. The molecule has 28 heavy (non-hydrogen) atoms. The molecular formula is C23H29NO4. The first kappa shape index (κ1) is 20.2. The normalized spacial score (nSPS) is 16.2. The van der Waals surface area contributed by atoms with E-state index in [0.29, 0.717) is 36.1 Å². The third kappa shape index (κ3) is 5.99. The Balaban J connectivity index is 1.56. The van der Waals surface area contributed by atoms with E-state index in [1.807, 2.05) is 36.4 Å². The predicted molar refractivity (Wildman–Crippen MR) is 110 cm³/mol. The molecule has 0 aliphatic carbocycles. The molecule has 0 spiro atoms. The summed E-state index contributed by atoms with van der Waals surface area (Å²) < 4.78 is 17.2. The third-order valence-corrected chi connectivity index (χ3v) is 4.66. The minimum Gasteiger partial charge on any atom is -0.494 e. The Labute approximate surface area is 167 Å². The van der Waals surface area contributed by atoms with Crippen molar-refractivity contribution >= 4 is 11.6 Å². The largest absolute Gasteiger partial charge is 0.494 e. The molecule has 1 saturated heterocycles. The van der Waals surface area contributed by atoms with Crippen molar-refractivity contribution in [3.05, 3.63) is 54.1 Å². The Morgan fingerprint density at radius 2 is 1.93 bits per heavy atom. The van der Waals surface area contributed by atoms with Gasteiger partial charge in [0.25, 0.3) is 5.91 Å². The van der Waals surface area contributed by atoms with Crippen molar-refractivity contribution in [2.75, 3.05) is 25.1 Å². The van der Waals surface area contributed by atoms with Gasteiger partial charge in [-0.05, 0) is 61.6 Å². The van der Waals surface area contributed by atoms with Crippen LogP contribution in [0.2, 0.25) is 0 Å². The molecule has 1 aliphatic heterocycles. The molecule has 1 N–H and O–H groups in total. The van der Waals surface area contributed by atoms with E-state index in [0.717, 1.165) is 31.6 Å². The van der Waals surface area contributed by atoms with Crippen LogP contribution >= 0.6 is 0 Å². The number of para-hydroxylation sites is 2. The maximum absolute atomic E-state index is 12.6. The van der Waals surface area contributed by atoms with Gasteiger partial charge in [-0.25, -0.2) is 0 Å². The molecule has 150 valence electrons. The van der Waals surface area contributed by atoms with E-state index < -0.39 is 0 Å². The molecule has 1 amide bonds. The van der Waals surface area contributed by atoms with Crippen molar-refractivity contribution in [2.24, 2.45) is 5.92 Å². The summed E-state index contributed by atoms with van der Waals surface area (Å²) in [6, 6.07) is 14.7. The molecule has 1 heterocycles. The first-order valence-corrected chi connectivity index (χ1v) is 9.99. The van der Waals surface area contributed by atoms with Crippen molar-refractivity contribution in [3.63, 3.8) is 0 Å². The van der Waals surface area contributed by atoms with E-state index in [1.54, 1.807) is 12.1 Å². The van der Waals surface area contributed by atoms with Gasteiger partial charge in [0.15, 0.2) is 0 Å². The Kier molecular flexibility index (Phi) is 7.31. The summed E-state index contributed by atoms with van der Waals surface area (Å²) in [5, 5.41) is 2.93. The van der Waals surface area contributed by atoms with E-state index in [2.05, 4.69) is 19.2 Å². The van der Waals surface area contributed by atoms with Crippen molar-refractivity contribution in [2.45, 2.75) is 39.2 Å². The van der Waals surface area contributed by atoms with Gasteiger partial charge in [0.2, 0.25) is 0 Å². The Morgan fingerprint density at radius 3 is 2.64 bits per heavy atom. The molecule has 2 aromatic carbocycles. The van der Waals surface area contributed by atoms with E-state index in [-0.39, 0.29) is 12.0 Å². The van der Waals surface area contributed by atoms with Gasteiger partial charge < -0.3 is 19.5 Å². The maximum atomic E-state index is 12.6. The van der Waals surface area contributed by atoms with Crippen LogP contribution in [0.15, 0.2) is 48.5 Å². The van der Waals surface area contributed by atoms with Crippen LogP contribution in [0, 0.1) is 5.92 Å². The fraction of sp³-hybridized carbons (Fsp3) is 0.435. The van der Waals surface area contributed by atoms with Crippen LogP contribution in [0.4, 0.5) is 5.69 Å². The van der Waals surface area contributed by atoms with Crippen LogP contribution in [0.5, 0.6) is 11.5 Å². The number of hydrogen-bond donors (Lipinski definition) is 1. The molecule has 1 atom stereocenters. The van der Waals surface area contributed by atoms with E-state index in [9.17, 15) is 4.79 Å². The number of nitrogens with one attached hydrogen (secondary N) is 1. The predicted octanol–water partition coefficient (Wildman–Crippen LogP) is 4.92. The molecule has 0 aromatic heterocycles. The first-order chi connectivity index (χ1) is 13.6. The van der Waals surface area contributed by atoms with Gasteiger partial charge in [0.1, 0.15) is 18.1 Å². The zero-order chi connectivity index (χ0) is 19.8. The van der Waals surface area contributed by atoms with Crippen molar-refractivity contribution in [1.29, 1.82) is 0 Å². The Bertz CT molecular complexity index is 751. The van der Waals surface area contributed by atoms with Crippen LogP contribution in [0.1, 0.15) is 43.5 Å². The van der Waals surface area contributed by atoms with Crippen LogP contribution in [-0.2, 0) is 4.74 Å². The van der Waals surface area contributed by atoms with Gasteiger partial charge in [0.05, 0.1) is 18.4 Å². The second-order valence-electron chi connectivity index (χ2n) is 7.45. The minimum absolute atomic E-state index is 0.131. The van der Waals surface area contributed by atoms with Gasteiger partial charge >= 0.3 is 0 Å². The van der Waals surface area contributed by atoms with Gasteiger partial charge in [-0.2, -0.15) is 0 Å². The average Bonchev–Trinajstić information content (AvgIpc) is 3.21. The summed E-state index contributed by atoms with van der Waals surface area (Å²) in [7, 11) is 0. The van der Waals surface area contributed by atoms with Gasteiger partial charge in [-0.15, -0.1) is 0 Å². The van der Waals surface area contributed by atoms with E-state index >= 15 is 0 Å². The molecule has 1 fully saturated rings. The van der Waals surface area contributed by atoms with Crippen molar-refractivity contribution < 1.29 is 19.0 Å². The molecule has 1 unspecified atom stereocenters. The summed E-state index contributed by atoms with van der Waals surface area (Å²) in [6.45, 7) is 6.30. The smallest absolute Gasteiger partial charge is 0.255 e. The third-order valence-electron chi connectivity index (χ3n) is 4.66. The standard InChI is InChI=1S/C23H29NO4/c1-17(2)13-15-27-19-11-9-18(10-12-19)23(25)24-21-7-3-4-8-22(21)28-16-20-6-5-14-26-20/h3-4,7-12,17,20H,5-6,13-16H2,1-2H3,(H,24,25). The first-order valence-electron chi connectivity index (χ1n) is 9.99. The summed E-state index contributed by atoms with van der Waals surface area (Å²) >= 11 is 0. The maximum Gasteiger partial charge on any atom is 0.255 e.